The van der Waals surface area contributed by atoms with Crippen LogP contribution in [-0.2, 0) is 16.0 Å². The number of methoxy groups -OCH3 is 1. The first-order valence-corrected chi connectivity index (χ1v) is 13.7. The van der Waals surface area contributed by atoms with Gasteiger partial charge < -0.3 is 19.5 Å². The lowest BCUT2D eigenvalue weighted by molar-refractivity contribution is -0.151. The van der Waals surface area contributed by atoms with E-state index in [-0.39, 0.29) is 29.2 Å². The standard InChI is InChI=1S/C29H44N4O4/c1-18(17-36-7)12-25-30-16-24-26(32-25)23(20-8-10-21(35)11-9-20)15-31-27(24)37-22-13-28(3,4)33(19(2)34)29(5,6)14-22/h15-16,18,20-22,35H,8-14,17H2,1-7H3/t18-,20?,21?/m1/s1. The quantitative estimate of drug-likeness (QED) is 0.568. The van der Waals surface area contributed by atoms with Crippen molar-refractivity contribution in [3.8, 4) is 5.88 Å². The van der Waals surface area contributed by atoms with Gasteiger partial charge in [0, 0.05) is 68.9 Å². The van der Waals surface area contributed by atoms with Gasteiger partial charge in [-0.3, -0.25) is 4.79 Å². The van der Waals surface area contributed by atoms with Crippen LogP contribution in [-0.4, -0.2) is 67.9 Å². The van der Waals surface area contributed by atoms with Gasteiger partial charge in [-0.1, -0.05) is 6.92 Å². The zero-order chi connectivity index (χ0) is 27.0. The molecular weight excluding hydrogens is 468 g/mol. The lowest BCUT2D eigenvalue weighted by Crippen LogP contribution is -2.64. The highest BCUT2D eigenvalue weighted by atomic mass is 16.5. The van der Waals surface area contributed by atoms with Gasteiger partial charge in [0.1, 0.15) is 11.9 Å². The lowest BCUT2D eigenvalue weighted by atomic mass is 9.78. The number of fused-ring (bicyclic) bond motifs is 1. The first-order valence-electron chi connectivity index (χ1n) is 13.7. The molecule has 1 aliphatic heterocycles. The molecule has 2 aliphatic rings. The van der Waals surface area contributed by atoms with Crippen molar-refractivity contribution in [3.63, 3.8) is 0 Å². The van der Waals surface area contributed by atoms with Crippen molar-refractivity contribution in [3.05, 3.63) is 23.8 Å². The molecule has 0 spiro atoms. The van der Waals surface area contributed by atoms with Gasteiger partial charge in [0.25, 0.3) is 0 Å². The van der Waals surface area contributed by atoms with Crippen molar-refractivity contribution >= 4 is 16.8 Å². The molecule has 0 radical (unpaired) electrons. The zero-order valence-corrected chi connectivity index (χ0v) is 23.6. The van der Waals surface area contributed by atoms with E-state index >= 15 is 0 Å². The maximum atomic E-state index is 12.5. The van der Waals surface area contributed by atoms with E-state index < -0.39 is 0 Å². The summed E-state index contributed by atoms with van der Waals surface area (Å²) in [4.78, 5) is 29.0. The van der Waals surface area contributed by atoms with Crippen molar-refractivity contribution in [2.24, 2.45) is 5.92 Å². The molecule has 8 heteroatoms. The second-order valence-corrected chi connectivity index (χ2v) is 12.5. The van der Waals surface area contributed by atoms with Crippen LogP contribution in [0.25, 0.3) is 10.9 Å². The van der Waals surface area contributed by atoms with Gasteiger partial charge in [0.2, 0.25) is 11.8 Å². The minimum atomic E-state index is -0.335. The third-order valence-electron chi connectivity index (χ3n) is 8.04. The molecule has 0 bridgehead atoms. The van der Waals surface area contributed by atoms with E-state index in [2.05, 4.69) is 34.6 Å². The number of aliphatic hydroxyl groups excluding tert-OH is 1. The number of pyridine rings is 1. The number of nitrogens with zero attached hydrogens (tertiary/aromatic N) is 4. The molecule has 1 atom stereocenters. The molecule has 1 saturated carbocycles. The number of hydrogen-bond donors (Lipinski definition) is 1. The molecule has 204 valence electrons. The number of aromatic nitrogens is 3. The number of amides is 1. The Morgan fingerprint density at radius 1 is 1.11 bits per heavy atom. The Hall–Kier alpha value is -2.32. The third-order valence-corrected chi connectivity index (χ3v) is 8.04. The molecule has 3 heterocycles. The van der Waals surface area contributed by atoms with Gasteiger partial charge in [0.05, 0.1) is 17.0 Å². The second-order valence-electron chi connectivity index (χ2n) is 12.5. The van der Waals surface area contributed by atoms with Crippen LogP contribution in [0.3, 0.4) is 0 Å². The number of rotatable bonds is 7. The molecule has 4 rings (SSSR count). The predicted molar refractivity (Wildman–Crippen MR) is 144 cm³/mol. The van der Waals surface area contributed by atoms with Gasteiger partial charge in [-0.15, -0.1) is 0 Å². The highest BCUT2D eigenvalue weighted by Crippen LogP contribution is 2.42. The summed E-state index contributed by atoms with van der Waals surface area (Å²) in [7, 11) is 1.71. The monoisotopic (exact) mass is 512 g/mol. The first-order chi connectivity index (χ1) is 17.4. The number of aliphatic hydroxyl groups is 1. The fraction of sp³-hybridized carbons (Fsp3) is 0.724. The Morgan fingerprint density at radius 3 is 2.35 bits per heavy atom. The van der Waals surface area contributed by atoms with Crippen molar-refractivity contribution in [2.45, 2.75) is 116 Å². The third kappa shape index (κ3) is 6.06. The number of piperidine rings is 1. The van der Waals surface area contributed by atoms with Crippen molar-refractivity contribution in [2.75, 3.05) is 13.7 Å². The molecule has 0 aromatic carbocycles. The summed E-state index contributed by atoms with van der Waals surface area (Å²) in [6.45, 7) is 12.9. The summed E-state index contributed by atoms with van der Waals surface area (Å²) in [6.07, 6.45) is 9.09. The number of carbonyl (C=O) groups excluding carboxylic acids is 1. The van der Waals surface area contributed by atoms with Crippen LogP contribution in [0.15, 0.2) is 12.4 Å². The fourth-order valence-electron chi connectivity index (χ4n) is 6.87. The van der Waals surface area contributed by atoms with E-state index in [1.54, 1.807) is 14.0 Å². The first kappa shape index (κ1) is 27.7. The largest absolute Gasteiger partial charge is 0.474 e. The Labute approximate surface area is 221 Å². The molecule has 2 fully saturated rings. The summed E-state index contributed by atoms with van der Waals surface area (Å²) in [5.74, 6) is 2.05. The van der Waals surface area contributed by atoms with Crippen molar-refractivity contribution < 1.29 is 19.4 Å². The molecular formula is C29H44N4O4. The number of hydrogen-bond acceptors (Lipinski definition) is 7. The summed E-state index contributed by atoms with van der Waals surface area (Å²) >= 11 is 0. The topological polar surface area (TPSA) is 97.7 Å². The van der Waals surface area contributed by atoms with E-state index in [0.717, 1.165) is 67.2 Å². The van der Waals surface area contributed by atoms with Gasteiger partial charge >= 0.3 is 0 Å². The van der Waals surface area contributed by atoms with Crippen LogP contribution in [0.1, 0.15) is 97.4 Å². The van der Waals surface area contributed by atoms with Crippen LogP contribution in [0, 0.1) is 5.92 Å². The van der Waals surface area contributed by atoms with E-state index in [9.17, 15) is 9.90 Å². The van der Waals surface area contributed by atoms with Crippen LogP contribution < -0.4 is 4.74 Å². The van der Waals surface area contributed by atoms with Gasteiger partial charge in [-0.25, -0.2) is 15.0 Å². The average Bonchev–Trinajstić information content (AvgIpc) is 2.78. The summed E-state index contributed by atoms with van der Waals surface area (Å²) in [5.41, 5.74) is 1.35. The molecule has 0 unspecified atom stereocenters. The smallest absolute Gasteiger partial charge is 0.224 e. The molecule has 1 N–H and O–H groups in total. The molecule has 1 aliphatic carbocycles. The minimum absolute atomic E-state index is 0.0857. The summed E-state index contributed by atoms with van der Waals surface area (Å²) < 4.78 is 11.9. The molecule has 1 saturated heterocycles. The molecule has 8 nitrogen and oxygen atoms in total. The van der Waals surface area contributed by atoms with Crippen LogP contribution in [0.5, 0.6) is 5.88 Å². The SMILES string of the molecule is COC[C@H](C)Cc1ncc2c(OC3CC(C)(C)N(C(C)=O)C(C)(C)C3)ncc(C3CCC(O)CC3)c2n1. The van der Waals surface area contributed by atoms with Crippen molar-refractivity contribution in [1.82, 2.24) is 19.9 Å². The van der Waals surface area contributed by atoms with E-state index in [0.29, 0.717) is 24.3 Å². The summed E-state index contributed by atoms with van der Waals surface area (Å²) in [6, 6.07) is 0. The number of likely N-dealkylation sites (tertiary alicyclic amines) is 1. The Morgan fingerprint density at radius 2 is 1.76 bits per heavy atom. The molecule has 37 heavy (non-hydrogen) atoms. The minimum Gasteiger partial charge on any atom is -0.474 e. The Balaban J connectivity index is 1.68. The van der Waals surface area contributed by atoms with Gasteiger partial charge in [0.15, 0.2) is 0 Å². The Bertz CT molecular complexity index is 1090. The Kier molecular flexibility index (Phi) is 8.10. The van der Waals surface area contributed by atoms with Gasteiger partial charge in [-0.05, 0) is 65.2 Å². The van der Waals surface area contributed by atoms with Gasteiger partial charge in [-0.2, -0.15) is 0 Å². The van der Waals surface area contributed by atoms with Crippen LogP contribution >= 0.6 is 0 Å². The molecule has 1 amide bonds. The predicted octanol–water partition coefficient (Wildman–Crippen LogP) is 4.82. The number of carbonyl (C=O) groups is 1. The highest BCUT2D eigenvalue weighted by Gasteiger charge is 2.47. The van der Waals surface area contributed by atoms with E-state index in [1.165, 1.54) is 0 Å². The summed E-state index contributed by atoms with van der Waals surface area (Å²) in [5, 5.41) is 10.9. The second kappa shape index (κ2) is 10.8. The zero-order valence-electron chi connectivity index (χ0n) is 23.6. The fourth-order valence-corrected chi connectivity index (χ4v) is 6.87. The van der Waals surface area contributed by atoms with E-state index in [1.807, 2.05) is 17.3 Å². The lowest BCUT2D eigenvalue weighted by Gasteiger charge is -2.54. The van der Waals surface area contributed by atoms with Crippen molar-refractivity contribution in [1.29, 1.82) is 0 Å². The van der Waals surface area contributed by atoms with E-state index in [4.69, 9.17) is 24.4 Å². The highest BCUT2D eigenvalue weighted by molar-refractivity contribution is 5.86. The molecule has 2 aromatic rings. The average molecular weight is 513 g/mol. The maximum absolute atomic E-state index is 12.5. The van der Waals surface area contributed by atoms with Crippen LogP contribution in [0.2, 0.25) is 0 Å². The van der Waals surface area contributed by atoms with Crippen LogP contribution in [0.4, 0.5) is 0 Å². The normalized spacial score (nSPS) is 24.7. The number of ether oxygens (including phenoxy) is 2. The maximum Gasteiger partial charge on any atom is 0.224 e. The molecule has 2 aromatic heterocycles.